The number of carbonyl (C=O) groups excluding carboxylic acids is 3. The fraction of sp³-hybridized carbons (Fsp3) is 0.222. The highest BCUT2D eigenvalue weighted by atomic mass is 32.2. The van der Waals surface area contributed by atoms with Crippen LogP contribution in [0.2, 0.25) is 0 Å². The molecule has 3 atom stereocenters. The lowest BCUT2D eigenvalue weighted by Crippen LogP contribution is -2.54. The first-order chi connectivity index (χ1) is 18.4. The molecule has 4 amide bonds. The molecule has 4 rings (SSSR count). The van der Waals surface area contributed by atoms with E-state index in [1.165, 1.54) is 16.7 Å². The molecule has 38 heavy (non-hydrogen) atoms. The molecule has 3 aromatic carbocycles. The zero-order chi connectivity index (χ0) is 27.1. The van der Waals surface area contributed by atoms with Crippen LogP contribution < -0.4 is 11.2 Å². The number of primary amides is 1. The zero-order valence-electron chi connectivity index (χ0n) is 20.3. The number of nitrogens with two attached hydrogens (primary N) is 1. The quantitative estimate of drug-likeness (QED) is 0.208. The Morgan fingerprint density at radius 1 is 1.11 bits per heavy atom. The molecule has 1 aliphatic rings. The molecule has 196 valence electrons. The van der Waals surface area contributed by atoms with Crippen molar-refractivity contribution in [1.29, 1.82) is 0 Å². The number of fused-ring (bicyclic) bond motifs is 1. The molecule has 1 unspecified atom stereocenters. The van der Waals surface area contributed by atoms with E-state index in [0.29, 0.717) is 12.2 Å². The van der Waals surface area contributed by atoms with Crippen LogP contribution in [0.5, 0.6) is 0 Å². The Kier molecular flexibility index (Phi) is 8.59. The molecular formula is C27H27N5O5S. The van der Waals surface area contributed by atoms with Gasteiger partial charge in [-0.1, -0.05) is 72.8 Å². The second-order valence-electron chi connectivity index (χ2n) is 8.67. The SMILES string of the molecule is NC(=O)NN=C[C@H](CC(=O)O)N(C=O)[C@H]1CSC(c2ccccc2)N1C(=O)Cc1cccc2ccccc12. The fourth-order valence-electron chi connectivity index (χ4n) is 4.57. The largest absolute Gasteiger partial charge is 0.481 e. The van der Waals surface area contributed by atoms with Crippen LogP contribution in [0.15, 0.2) is 77.9 Å². The highest BCUT2D eigenvalue weighted by molar-refractivity contribution is 7.99. The number of carboxylic acid groups (broad SMARTS) is 1. The van der Waals surface area contributed by atoms with E-state index >= 15 is 0 Å². The molecule has 4 N–H and O–H groups in total. The van der Waals surface area contributed by atoms with Crippen molar-refractivity contribution in [3.8, 4) is 0 Å². The highest BCUT2D eigenvalue weighted by Gasteiger charge is 2.43. The first-order valence-corrected chi connectivity index (χ1v) is 12.9. The molecule has 3 aromatic rings. The lowest BCUT2D eigenvalue weighted by Gasteiger charge is -2.37. The van der Waals surface area contributed by atoms with Crippen molar-refractivity contribution in [2.24, 2.45) is 10.8 Å². The number of carboxylic acids is 1. The van der Waals surface area contributed by atoms with Crippen LogP contribution in [0, 0.1) is 0 Å². The maximum absolute atomic E-state index is 14.0. The lowest BCUT2D eigenvalue weighted by atomic mass is 10.0. The number of benzene rings is 3. The van der Waals surface area contributed by atoms with E-state index in [2.05, 4.69) is 5.10 Å². The summed E-state index contributed by atoms with van der Waals surface area (Å²) in [4.78, 5) is 51.9. The normalized spacial score (nSPS) is 17.8. The molecular weight excluding hydrogens is 506 g/mol. The van der Waals surface area contributed by atoms with E-state index in [1.54, 1.807) is 4.90 Å². The molecule has 0 bridgehead atoms. The van der Waals surface area contributed by atoms with Crippen molar-refractivity contribution in [2.75, 3.05) is 5.75 Å². The predicted molar refractivity (Wildman–Crippen MR) is 145 cm³/mol. The number of carbonyl (C=O) groups is 4. The summed E-state index contributed by atoms with van der Waals surface area (Å²) in [6.45, 7) is 0. The van der Waals surface area contributed by atoms with Crippen molar-refractivity contribution in [2.45, 2.75) is 30.4 Å². The Balaban J connectivity index is 1.70. The first kappa shape index (κ1) is 26.7. The average molecular weight is 534 g/mol. The van der Waals surface area contributed by atoms with E-state index in [-0.39, 0.29) is 12.3 Å². The number of thioether (sulfide) groups is 1. The van der Waals surface area contributed by atoms with Gasteiger partial charge in [-0.3, -0.25) is 14.4 Å². The van der Waals surface area contributed by atoms with Gasteiger partial charge < -0.3 is 20.6 Å². The van der Waals surface area contributed by atoms with Gasteiger partial charge in [0.1, 0.15) is 11.5 Å². The molecule has 0 spiro atoms. The van der Waals surface area contributed by atoms with E-state index in [9.17, 15) is 24.3 Å². The van der Waals surface area contributed by atoms with Gasteiger partial charge in [-0.15, -0.1) is 11.8 Å². The number of amides is 4. The van der Waals surface area contributed by atoms with Crippen LogP contribution in [0.4, 0.5) is 4.79 Å². The Labute approximate surface area is 223 Å². The Hall–Kier alpha value is -4.38. The minimum atomic E-state index is -1.17. The Morgan fingerprint density at radius 2 is 1.82 bits per heavy atom. The van der Waals surface area contributed by atoms with E-state index in [4.69, 9.17) is 5.73 Å². The lowest BCUT2D eigenvalue weighted by molar-refractivity contribution is -0.142. The average Bonchev–Trinajstić information content (AvgIpc) is 3.34. The number of urea groups is 1. The minimum absolute atomic E-state index is 0.0926. The number of hydrazone groups is 1. The second-order valence-corrected chi connectivity index (χ2v) is 9.78. The van der Waals surface area contributed by atoms with Gasteiger partial charge >= 0.3 is 12.0 Å². The molecule has 10 nitrogen and oxygen atoms in total. The van der Waals surface area contributed by atoms with Gasteiger partial charge in [-0.25, -0.2) is 10.2 Å². The number of nitrogens with one attached hydrogen (secondary N) is 1. The molecule has 0 saturated carbocycles. The fourth-order valence-corrected chi connectivity index (χ4v) is 6.02. The maximum atomic E-state index is 14.0. The molecule has 1 heterocycles. The maximum Gasteiger partial charge on any atom is 0.332 e. The summed E-state index contributed by atoms with van der Waals surface area (Å²) in [5.74, 6) is -1.03. The summed E-state index contributed by atoms with van der Waals surface area (Å²) < 4.78 is 0. The molecule has 1 saturated heterocycles. The molecule has 1 fully saturated rings. The first-order valence-electron chi connectivity index (χ1n) is 11.9. The molecule has 0 aliphatic carbocycles. The van der Waals surface area contributed by atoms with E-state index in [1.807, 2.05) is 78.2 Å². The second kappa shape index (κ2) is 12.2. The van der Waals surface area contributed by atoms with Crippen molar-refractivity contribution >= 4 is 53.1 Å². The van der Waals surface area contributed by atoms with E-state index < -0.39 is 36.0 Å². The number of hydrogen-bond donors (Lipinski definition) is 3. The molecule has 1 aliphatic heterocycles. The van der Waals surface area contributed by atoms with Crippen LogP contribution in [0.3, 0.4) is 0 Å². The van der Waals surface area contributed by atoms with Crippen LogP contribution in [-0.4, -0.2) is 63.4 Å². The van der Waals surface area contributed by atoms with Gasteiger partial charge in [0.25, 0.3) is 0 Å². The van der Waals surface area contributed by atoms with Crippen LogP contribution in [0.25, 0.3) is 10.8 Å². The van der Waals surface area contributed by atoms with Crippen LogP contribution in [0.1, 0.15) is 22.9 Å². The van der Waals surface area contributed by atoms with Crippen molar-refractivity contribution in [3.05, 3.63) is 83.9 Å². The van der Waals surface area contributed by atoms with Gasteiger partial charge in [-0.05, 0) is 21.9 Å². The third kappa shape index (κ3) is 6.12. The summed E-state index contributed by atoms with van der Waals surface area (Å²) in [7, 11) is 0. The van der Waals surface area contributed by atoms with Crippen molar-refractivity contribution < 1.29 is 24.3 Å². The standard InChI is InChI=1S/C27H27N5O5S/c28-27(37)30-29-15-21(14-25(35)36)31(17-33)23-16-38-26(19-8-2-1-3-9-19)32(23)24(34)13-20-11-6-10-18-7-4-5-12-22(18)20/h1-12,15,17,21,23,26H,13-14,16H2,(H,35,36)(H3,28,30,37)/t21-,23+,26?/m0/s1. The van der Waals surface area contributed by atoms with E-state index in [0.717, 1.165) is 28.1 Å². The van der Waals surface area contributed by atoms with Crippen LogP contribution in [-0.2, 0) is 20.8 Å². The predicted octanol–water partition coefficient (Wildman–Crippen LogP) is 2.94. The van der Waals surface area contributed by atoms with Gasteiger partial charge in [-0.2, -0.15) is 5.10 Å². The summed E-state index contributed by atoms with van der Waals surface area (Å²) in [5, 5.41) is 14.8. The van der Waals surface area contributed by atoms with Gasteiger partial charge in [0.15, 0.2) is 0 Å². The van der Waals surface area contributed by atoms with Crippen molar-refractivity contribution in [3.63, 3.8) is 0 Å². The van der Waals surface area contributed by atoms with Crippen molar-refractivity contribution in [1.82, 2.24) is 15.2 Å². The smallest absolute Gasteiger partial charge is 0.332 e. The molecule has 0 radical (unpaired) electrons. The topological polar surface area (TPSA) is 145 Å². The summed E-state index contributed by atoms with van der Waals surface area (Å²) in [6.07, 6.45) is 0.511. The molecule has 0 aromatic heterocycles. The number of aliphatic carboxylic acids is 1. The Bertz CT molecular complexity index is 1350. The summed E-state index contributed by atoms with van der Waals surface area (Å²) in [6, 6.07) is 21.1. The minimum Gasteiger partial charge on any atom is -0.481 e. The summed E-state index contributed by atoms with van der Waals surface area (Å²) >= 11 is 1.49. The van der Waals surface area contributed by atoms with Gasteiger partial charge in [0, 0.05) is 12.0 Å². The third-order valence-electron chi connectivity index (χ3n) is 6.23. The van der Waals surface area contributed by atoms with Crippen LogP contribution >= 0.6 is 11.8 Å². The number of nitrogens with zero attached hydrogens (tertiary/aromatic N) is 3. The molecule has 11 heteroatoms. The van der Waals surface area contributed by atoms with Gasteiger partial charge in [0.2, 0.25) is 12.3 Å². The number of rotatable bonds is 10. The monoisotopic (exact) mass is 533 g/mol. The third-order valence-corrected chi connectivity index (χ3v) is 7.53. The summed E-state index contributed by atoms with van der Waals surface area (Å²) in [5.41, 5.74) is 8.81. The highest BCUT2D eigenvalue weighted by Crippen LogP contribution is 2.43. The number of hydrogen-bond acceptors (Lipinski definition) is 6. The Morgan fingerprint density at radius 3 is 2.53 bits per heavy atom. The van der Waals surface area contributed by atoms with Gasteiger partial charge in [0.05, 0.1) is 18.9 Å². The zero-order valence-corrected chi connectivity index (χ0v) is 21.2.